The van der Waals surface area contributed by atoms with Crippen LogP contribution in [0.3, 0.4) is 0 Å². The summed E-state index contributed by atoms with van der Waals surface area (Å²) in [4.78, 5) is 42.3. The van der Waals surface area contributed by atoms with E-state index in [2.05, 4.69) is 0 Å². The van der Waals surface area contributed by atoms with Crippen molar-refractivity contribution in [2.24, 2.45) is 0 Å². The number of fused-ring (bicyclic) bond motifs is 2. The van der Waals surface area contributed by atoms with Gasteiger partial charge in [-0.2, -0.15) is 0 Å². The molecule has 312 valence electrons. The standard InChI is InChI=1S/C52H34N8O5/c53-39-15-1-31(2-16-39)37-13-27-45-47(29-37)57-51(49(55-45)33-5-19-41(20-6-33)59(61)62)35-9-23-43(24-10-35)65-44-25-11-36(12-26-44)52-50(34-7-21-42(22-8-34)60(63)64)56-46-28-14-38(30-48(46)58-52)32-3-17-40(54)18-4-32/h1-30H,53-54H2. The van der Waals surface area contributed by atoms with E-state index in [4.69, 9.17) is 36.1 Å². The maximum Gasteiger partial charge on any atom is 0.269 e. The first-order valence-electron chi connectivity index (χ1n) is 20.4. The van der Waals surface area contributed by atoms with Gasteiger partial charge in [-0.05, 0) is 144 Å². The fourth-order valence-electron chi connectivity index (χ4n) is 7.60. The molecule has 0 aliphatic rings. The van der Waals surface area contributed by atoms with Crippen LogP contribution in [-0.4, -0.2) is 29.8 Å². The second-order valence-corrected chi connectivity index (χ2v) is 15.3. The van der Waals surface area contributed by atoms with E-state index in [1.54, 1.807) is 24.3 Å². The fraction of sp³-hybridized carbons (Fsp3) is 0. The minimum atomic E-state index is -0.433. The molecule has 0 fully saturated rings. The van der Waals surface area contributed by atoms with Crippen molar-refractivity contribution in [2.45, 2.75) is 0 Å². The van der Waals surface area contributed by atoms with Crippen molar-refractivity contribution in [1.29, 1.82) is 0 Å². The average molecular weight is 851 g/mol. The van der Waals surface area contributed by atoms with Crippen LogP contribution in [0.4, 0.5) is 22.7 Å². The van der Waals surface area contributed by atoms with Crippen LogP contribution in [-0.2, 0) is 0 Å². The van der Waals surface area contributed by atoms with Crippen LogP contribution >= 0.6 is 0 Å². The third-order valence-electron chi connectivity index (χ3n) is 11.0. The van der Waals surface area contributed by atoms with Crippen molar-refractivity contribution in [3.8, 4) is 78.8 Å². The second-order valence-electron chi connectivity index (χ2n) is 15.3. The summed E-state index contributed by atoms with van der Waals surface area (Å²) < 4.78 is 6.33. The summed E-state index contributed by atoms with van der Waals surface area (Å²) >= 11 is 0. The van der Waals surface area contributed by atoms with E-state index in [0.29, 0.717) is 78.8 Å². The minimum Gasteiger partial charge on any atom is -0.457 e. The maximum absolute atomic E-state index is 11.5. The molecule has 2 aromatic heterocycles. The molecule has 10 aromatic rings. The molecule has 8 aromatic carbocycles. The van der Waals surface area contributed by atoms with Gasteiger partial charge in [-0.3, -0.25) is 20.2 Å². The van der Waals surface area contributed by atoms with Crippen LogP contribution in [0.2, 0.25) is 0 Å². The van der Waals surface area contributed by atoms with Gasteiger partial charge in [0.1, 0.15) is 11.5 Å². The number of nitro benzene ring substituents is 2. The first kappa shape index (κ1) is 39.8. The van der Waals surface area contributed by atoms with E-state index < -0.39 is 9.85 Å². The van der Waals surface area contributed by atoms with Crippen molar-refractivity contribution in [3.63, 3.8) is 0 Å². The molecule has 2 heterocycles. The Morgan fingerprint density at radius 1 is 0.338 bits per heavy atom. The van der Waals surface area contributed by atoms with Gasteiger partial charge in [-0.15, -0.1) is 0 Å². The highest BCUT2D eigenvalue weighted by Gasteiger charge is 2.18. The summed E-state index contributed by atoms with van der Waals surface area (Å²) in [6.45, 7) is 0. The second kappa shape index (κ2) is 16.5. The largest absolute Gasteiger partial charge is 0.457 e. The van der Waals surface area contributed by atoms with Crippen LogP contribution in [0.5, 0.6) is 11.5 Å². The topological polar surface area (TPSA) is 199 Å². The molecule has 0 atom stereocenters. The molecule has 0 spiro atoms. The molecule has 0 saturated carbocycles. The molecule has 13 nitrogen and oxygen atoms in total. The number of hydrogen-bond donors (Lipinski definition) is 2. The molecule has 0 aliphatic carbocycles. The van der Waals surface area contributed by atoms with Crippen LogP contribution in [0.15, 0.2) is 182 Å². The van der Waals surface area contributed by atoms with Gasteiger partial charge in [0, 0.05) is 57.9 Å². The Morgan fingerprint density at radius 2 is 0.615 bits per heavy atom. The zero-order valence-electron chi connectivity index (χ0n) is 34.2. The highest BCUT2D eigenvalue weighted by atomic mass is 16.6. The monoisotopic (exact) mass is 850 g/mol. The minimum absolute atomic E-state index is 0.0223. The predicted octanol–water partition coefficient (Wildman–Crippen LogP) is 12.3. The summed E-state index contributed by atoms with van der Waals surface area (Å²) in [5.74, 6) is 1.15. The van der Waals surface area contributed by atoms with Gasteiger partial charge in [0.15, 0.2) is 0 Å². The number of nitrogen functional groups attached to an aromatic ring is 2. The SMILES string of the molecule is Nc1ccc(-c2ccc3nc(-c4ccc([N+](=O)[O-])cc4)c(-c4ccc(Oc5ccc(-c6nc7cc(-c8ccc(N)cc8)ccc7nc6-c6ccc([N+](=O)[O-])cc6)cc5)cc4)nc3c2)cc1. The molecule has 0 radical (unpaired) electrons. The number of rotatable bonds is 10. The van der Waals surface area contributed by atoms with Gasteiger partial charge in [-0.1, -0.05) is 36.4 Å². The molecule has 0 saturated heterocycles. The van der Waals surface area contributed by atoms with Gasteiger partial charge in [0.25, 0.3) is 11.4 Å². The lowest BCUT2D eigenvalue weighted by Crippen LogP contribution is -1.97. The number of nitrogens with zero attached hydrogens (tertiary/aromatic N) is 6. The van der Waals surface area contributed by atoms with Gasteiger partial charge in [0.2, 0.25) is 0 Å². The molecule has 0 unspecified atom stereocenters. The zero-order chi connectivity index (χ0) is 44.6. The van der Waals surface area contributed by atoms with Crippen molar-refractivity contribution in [1.82, 2.24) is 19.9 Å². The number of nitrogens with two attached hydrogens (primary N) is 2. The first-order valence-corrected chi connectivity index (χ1v) is 20.4. The lowest BCUT2D eigenvalue weighted by Gasteiger charge is -2.13. The third-order valence-corrected chi connectivity index (χ3v) is 11.0. The lowest BCUT2D eigenvalue weighted by atomic mass is 10.0. The fourth-order valence-corrected chi connectivity index (χ4v) is 7.60. The van der Waals surface area contributed by atoms with Gasteiger partial charge in [-0.25, -0.2) is 19.9 Å². The Bertz CT molecular complexity index is 3210. The summed E-state index contributed by atoms with van der Waals surface area (Å²) in [7, 11) is 0. The third kappa shape index (κ3) is 8.11. The molecular weight excluding hydrogens is 817 g/mol. The maximum atomic E-state index is 11.5. The lowest BCUT2D eigenvalue weighted by molar-refractivity contribution is -0.385. The Morgan fingerprint density at radius 3 is 0.938 bits per heavy atom. The normalized spacial score (nSPS) is 11.1. The van der Waals surface area contributed by atoms with E-state index in [1.165, 1.54) is 24.3 Å². The first-order chi connectivity index (χ1) is 31.6. The molecule has 0 aliphatic heterocycles. The predicted molar refractivity (Wildman–Crippen MR) is 254 cm³/mol. The molecule has 0 amide bonds. The summed E-state index contributed by atoms with van der Waals surface area (Å²) in [6.07, 6.45) is 0. The Hall–Kier alpha value is -9.36. The molecule has 65 heavy (non-hydrogen) atoms. The van der Waals surface area contributed by atoms with Crippen LogP contribution in [0.25, 0.3) is 89.4 Å². The van der Waals surface area contributed by atoms with Gasteiger partial charge < -0.3 is 16.2 Å². The Labute approximate surface area is 370 Å². The highest BCUT2D eigenvalue weighted by molar-refractivity contribution is 5.91. The molecule has 4 N–H and O–H groups in total. The number of anilines is 2. The summed E-state index contributed by atoms with van der Waals surface area (Å²) in [6, 6.07) is 54.5. The molecule has 0 bridgehead atoms. The average Bonchev–Trinajstić information content (AvgIpc) is 3.34. The Balaban J connectivity index is 0.973. The number of hydrogen-bond acceptors (Lipinski definition) is 11. The van der Waals surface area contributed by atoms with Crippen molar-refractivity contribution in [3.05, 3.63) is 202 Å². The number of benzene rings is 8. The van der Waals surface area contributed by atoms with Crippen LogP contribution in [0.1, 0.15) is 0 Å². The smallest absolute Gasteiger partial charge is 0.269 e. The molecule has 13 heteroatoms. The highest BCUT2D eigenvalue weighted by Crippen LogP contribution is 2.37. The molecule has 10 rings (SSSR count). The summed E-state index contributed by atoms with van der Waals surface area (Å²) in [5, 5.41) is 22.9. The van der Waals surface area contributed by atoms with Crippen molar-refractivity contribution >= 4 is 44.8 Å². The van der Waals surface area contributed by atoms with E-state index >= 15 is 0 Å². The van der Waals surface area contributed by atoms with Gasteiger partial charge >= 0.3 is 0 Å². The summed E-state index contributed by atoms with van der Waals surface area (Å²) in [5.41, 5.74) is 25.0. The number of ether oxygens (including phenoxy) is 1. The molecular formula is C52H34N8O5. The number of non-ortho nitro benzene ring substituents is 2. The van der Waals surface area contributed by atoms with Crippen LogP contribution in [0, 0.1) is 20.2 Å². The van der Waals surface area contributed by atoms with Crippen molar-refractivity contribution in [2.75, 3.05) is 11.5 Å². The van der Waals surface area contributed by atoms with E-state index in [-0.39, 0.29) is 11.4 Å². The van der Waals surface area contributed by atoms with Crippen molar-refractivity contribution < 1.29 is 14.6 Å². The quantitative estimate of drug-likeness (QED) is 0.0753. The zero-order valence-corrected chi connectivity index (χ0v) is 34.2. The van der Waals surface area contributed by atoms with E-state index in [1.807, 2.05) is 133 Å². The number of nitro groups is 2. The van der Waals surface area contributed by atoms with E-state index in [0.717, 1.165) is 33.4 Å². The number of aromatic nitrogens is 4. The van der Waals surface area contributed by atoms with Crippen LogP contribution < -0.4 is 16.2 Å². The van der Waals surface area contributed by atoms with Gasteiger partial charge in [0.05, 0.1) is 54.7 Å². The Kier molecular flexibility index (Phi) is 10.1. The van der Waals surface area contributed by atoms with E-state index in [9.17, 15) is 20.2 Å².